The lowest BCUT2D eigenvalue weighted by molar-refractivity contribution is 0.0831. The zero-order chi connectivity index (χ0) is 13.8. The van der Waals surface area contributed by atoms with Crippen molar-refractivity contribution in [1.29, 1.82) is 0 Å². The van der Waals surface area contributed by atoms with E-state index in [9.17, 15) is 9.59 Å². The van der Waals surface area contributed by atoms with Crippen LogP contribution in [0.3, 0.4) is 0 Å². The van der Waals surface area contributed by atoms with Crippen LogP contribution in [0.25, 0.3) is 0 Å². The van der Waals surface area contributed by atoms with Crippen molar-refractivity contribution in [2.75, 3.05) is 0 Å². The van der Waals surface area contributed by atoms with Gasteiger partial charge in [-0.3, -0.25) is 20.4 Å². The first-order valence-electron chi connectivity index (χ1n) is 5.18. The predicted octanol–water partition coefficient (Wildman–Crippen LogP) is 2.77. The molecule has 2 rings (SSSR count). The molecule has 0 radical (unpaired) electrons. The molecule has 0 spiro atoms. The van der Waals surface area contributed by atoms with E-state index in [0.717, 1.165) is 4.47 Å². The molecule has 2 amide bonds. The summed E-state index contributed by atoms with van der Waals surface area (Å²) in [5.74, 6) is -1.00. The van der Waals surface area contributed by atoms with E-state index in [1.807, 2.05) is 0 Å². The van der Waals surface area contributed by atoms with E-state index in [0.29, 0.717) is 5.56 Å². The summed E-state index contributed by atoms with van der Waals surface area (Å²) in [5.41, 5.74) is 4.91. The Morgan fingerprint density at radius 2 is 1.63 bits per heavy atom. The summed E-state index contributed by atoms with van der Waals surface area (Å²) in [4.78, 5) is 23.3. The number of hydrazine groups is 1. The van der Waals surface area contributed by atoms with Crippen LogP contribution in [0, 0.1) is 0 Å². The highest BCUT2D eigenvalue weighted by Crippen LogP contribution is 2.12. The van der Waals surface area contributed by atoms with E-state index < -0.39 is 11.8 Å². The fourth-order valence-electron chi connectivity index (χ4n) is 1.28. The van der Waals surface area contributed by atoms with Gasteiger partial charge in [-0.05, 0) is 48.0 Å². The molecule has 5 nitrogen and oxygen atoms in total. The van der Waals surface area contributed by atoms with Crippen molar-refractivity contribution >= 4 is 39.3 Å². The molecule has 0 aliphatic heterocycles. The Kier molecular flexibility index (Phi) is 4.24. The summed E-state index contributed by atoms with van der Waals surface area (Å²) >= 11 is 8.80. The van der Waals surface area contributed by atoms with Crippen molar-refractivity contribution in [3.05, 3.63) is 57.4 Å². The van der Waals surface area contributed by atoms with E-state index in [4.69, 9.17) is 16.0 Å². The zero-order valence-corrected chi connectivity index (χ0v) is 11.8. The molecule has 2 aromatic rings. The van der Waals surface area contributed by atoms with E-state index >= 15 is 0 Å². The van der Waals surface area contributed by atoms with Crippen molar-refractivity contribution in [3.8, 4) is 0 Å². The van der Waals surface area contributed by atoms with Crippen LogP contribution in [-0.2, 0) is 0 Å². The van der Waals surface area contributed by atoms with E-state index in [2.05, 4.69) is 26.8 Å². The van der Waals surface area contributed by atoms with Gasteiger partial charge in [0, 0.05) is 10.0 Å². The number of nitrogens with one attached hydrogen (secondary N) is 2. The SMILES string of the molecule is O=C(NNC(=O)c1ccc(Cl)o1)c1ccc(Br)cc1. The summed E-state index contributed by atoms with van der Waals surface area (Å²) in [6, 6.07) is 9.53. The molecule has 0 bridgehead atoms. The molecule has 98 valence electrons. The maximum Gasteiger partial charge on any atom is 0.305 e. The second kappa shape index (κ2) is 5.90. The Bertz CT molecular complexity index is 610. The summed E-state index contributed by atoms with van der Waals surface area (Å²) in [6.45, 7) is 0. The normalized spacial score (nSPS) is 10.0. The van der Waals surface area contributed by atoms with Crippen LogP contribution in [0.4, 0.5) is 0 Å². The smallest absolute Gasteiger partial charge is 0.305 e. The van der Waals surface area contributed by atoms with E-state index in [1.165, 1.54) is 12.1 Å². The van der Waals surface area contributed by atoms with Gasteiger partial charge in [-0.1, -0.05) is 15.9 Å². The summed E-state index contributed by atoms with van der Waals surface area (Å²) in [6.07, 6.45) is 0. The number of furan rings is 1. The lowest BCUT2D eigenvalue weighted by atomic mass is 10.2. The Labute approximate surface area is 122 Å². The van der Waals surface area contributed by atoms with Crippen LogP contribution in [-0.4, -0.2) is 11.8 Å². The highest BCUT2D eigenvalue weighted by Gasteiger charge is 2.12. The first kappa shape index (κ1) is 13.6. The minimum Gasteiger partial charge on any atom is -0.439 e. The van der Waals surface area contributed by atoms with Crippen molar-refractivity contribution in [1.82, 2.24) is 10.9 Å². The van der Waals surface area contributed by atoms with Gasteiger partial charge in [0.25, 0.3) is 5.91 Å². The molecule has 0 saturated heterocycles. The van der Waals surface area contributed by atoms with Crippen LogP contribution >= 0.6 is 27.5 Å². The number of benzene rings is 1. The maximum absolute atomic E-state index is 11.7. The summed E-state index contributed by atoms with van der Waals surface area (Å²) in [5, 5.41) is 0.101. The molecule has 0 aliphatic rings. The average molecular weight is 344 g/mol. The molecule has 7 heteroatoms. The van der Waals surface area contributed by atoms with Gasteiger partial charge in [-0.15, -0.1) is 0 Å². The Hall–Kier alpha value is -1.79. The van der Waals surface area contributed by atoms with Crippen molar-refractivity contribution < 1.29 is 14.0 Å². The number of carbonyl (C=O) groups is 2. The number of hydrogen-bond donors (Lipinski definition) is 2. The highest BCUT2D eigenvalue weighted by atomic mass is 79.9. The predicted molar refractivity (Wildman–Crippen MR) is 72.8 cm³/mol. The van der Waals surface area contributed by atoms with Gasteiger partial charge in [0.15, 0.2) is 11.0 Å². The quantitative estimate of drug-likeness (QED) is 0.824. The van der Waals surface area contributed by atoms with Crippen molar-refractivity contribution in [2.24, 2.45) is 0 Å². The molecule has 0 aliphatic carbocycles. The molecule has 1 heterocycles. The van der Waals surface area contributed by atoms with E-state index in [1.54, 1.807) is 24.3 Å². The standard InChI is InChI=1S/C12H8BrClN2O3/c13-8-3-1-7(2-4-8)11(17)15-16-12(18)9-5-6-10(14)19-9/h1-6H,(H,15,17)(H,16,18). The Balaban J connectivity index is 1.93. The molecule has 1 aromatic heterocycles. The zero-order valence-electron chi connectivity index (χ0n) is 9.44. The molecule has 0 unspecified atom stereocenters. The lowest BCUT2D eigenvalue weighted by Crippen LogP contribution is -2.41. The first-order valence-corrected chi connectivity index (χ1v) is 6.35. The topological polar surface area (TPSA) is 71.3 Å². The number of rotatable bonds is 2. The van der Waals surface area contributed by atoms with Crippen LogP contribution in [0.5, 0.6) is 0 Å². The van der Waals surface area contributed by atoms with Crippen LogP contribution in [0.2, 0.25) is 5.22 Å². The molecule has 0 atom stereocenters. The van der Waals surface area contributed by atoms with Crippen LogP contribution in [0.15, 0.2) is 45.3 Å². The van der Waals surface area contributed by atoms with E-state index in [-0.39, 0.29) is 11.0 Å². The first-order chi connectivity index (χ1) is 9.06. The number of hydrogen-bond acceptors (Lipinski definition) is 3. The Morgan fingerprint density at radius 1 is 1.00 bits per heavy atom. The van der Waals surface area contributed by atoms with Gasteiger partial charge in [-0.25, -0.2) is 0 Å². The molecule has 0 fully saturated rings. The summed E-state index contributed by atoms with van der Waals surface area (Å²) in [7, 11) is 0. The van der Waals surface area contributed by atoms with Crippen LogP contribution < -0.4 is 10.9 Å². The molecule has 19 heavy (non-hydrogen) atoms. The molecular formula is C12H8BrClN2O3. The third-order valence-electron chi connectivity index (χ3n) is 2.19. The third-order valence-corrected chi connectivity index (χ3v) is 2.92. The number of halogens is 2. The van der Waals surface area contributed by atoms with Crippen LogP contribution in [0.1, 0.15) is 20.9 Å². The maximum atomic E-state index is 11.7. The minimum absolute atomic E-state index is 0.0149. The van der Waals surface area contributed by atoms with Crippen molar-refractivity contribution in [2.45, 2.75) is 0 Å². The van der Waals surface area contributed by atoms with Gasteiger partial charge in [-0.2, -0.15) is 0 Å². The van der Waals surface area contributed by atoms with Gasteiger partial charge in [0.2, 0.25) is 0 Å². The molecule has 1 aromatic carbocycles. The summed E-state index contributed by atoms with van der Waals surface area (Å²) < 4.78 is 5.75. The minimum atomic E-state index is -0.586. The van der Waals surface area contributed by atoms with Gasteiger partial charge >= 0.3 is 5.91 Å². The lowest BCUT2D eigenvalue weighted by Gasteiger charge is -2.05. The second-order valence-corrected chi connectivity index (χ2v) is 4.81. The monoisotopic (exact) mass is 342 g/mol. The average Bonchev–Trinajstić information content (AvgIpc) is 2.83. The molecule has 2 N–H and O–H groups in total. The number of amides is 2. The molecular weight excluding hydrogens is 336 g/mol. The fourth-order valence-corrected chi connectivity index (χ4v) is 1.70. The fraction of sp³-hybridized carbons (Fsp3) is 0. The molecule has 0 saturated carbocycles. The Morgan fingerprint density at radius 3 is 2.21 bits per heavy atom. The largest absolute Gasteiger partial charge is 0.439 e. The van der Waals surface area contributed by atoms with Crippen molar-refractivity contribution in [3.63, 3.8) is 0 Å². The highest BCUT2D eigenvalue weighted by molar-refractivity contribution is 9.10. The van der Waals surface area contributed by atoms with Gasteiger partial charge < -0.3 is 4.42 Å². The second-order valence-electron chi connectivity index (χ2n) is 3.52. The number of carbonyl (C=O) groups excluding carboxylic acids is 2. The van der Waals surface area contributed by atoms with Gasteiger partial charge in [0.05, 0.1) is 0 Å². The van der Waals surface area contributed by atoms with Gasteiger partial charge in [0.1, 0.15) is 0 Å². The third kappa shape index (κ3) is 3.59.